The van der Waals surface area contributed by atoms with Crippen molar-refractivity contribution in [2.75, 3.05) is 13.1 Å². The number of nitrogens with zero attached hydrogens (tertiary/aromatic N) is 2. The standard InChI is InChI=1S/C23H30N2O4/c26-20(16-4-2-1-3-5-16)14-25-24-13-19-18(21-10-11-22(19)29-21)12-15-6-8-17(9-7-15)23(27)28/h6-9,16,18-19,21-22H,1-5,10-14H2,(H,27,28). The summed E-state index contributed by atoms with van der Waals surface area (Å²) in [5.74, 6) is 0.225. The molecule has 1 aromatic carbocycles. The van der Waals surface area contributed by atoms with Crippen molar-refractivity contribution in [1.29, 1.82) is 0 Å². The summed E-state index contributed by atoms with van der Waals surface area (Å²) in [6.45, 7) is 0.824. The Labute approximate surface area is 171 Å². The van der Waals surface area contributed by atoms with Crippen LogP contribution < -0.4 is 0 Å². The quantitative estimate of drug-likeness (QED) is 0.661. The molecular weight excluding hydrogens is 368 g/mol. The Hall–Kier alpha value is -2.08. The number of fused-ring (bicyclic) bond motifs is 2. The Morgan fingerprint density at radius 3 is 2.31 bits per heavy atom. The Bertz CT molecular complexity index is 755. The van der Waals surface area contributed by atoms with Gasteiger partial charge in [0.25, 0.3) is 0 Å². The van der Waals surface area contributed by atoms with E-state index in [1.54, 1.807) is 12.1 Å². The molecule has 2 saturated heterocycles. The van der Waals surface area contributed by atoms with Gasteiger partial charge in [-0.05, 0) is 55.7 Å². The van der Waals surface area contributed by atoms with Crippen molar-refractivity contribution in [1.82, 2.24) is 0 Å². The molecule has 29 heavy (non-hydrogen) atoms. The number of hydrogen-bond donors (Lipinski definition) is 1. The molecule has 1 aliphatic carbocycles. The first-order valence-electron chi connectivity index (χ1n) is 11.0. The average Bonchev–Trinajstić information content (AvgIpc) is 3.34. The predicted octanol–water partition coefficient (Wildman–Crippen LogP) is 4.32. The third-order valence-electron chi connectivity index (χ3n) is 6.94. The Morgan fingerprint density at radius 1 is 0.931 bits per heavy atom. The highest BCUT2D eigenvalue weighted by Gasteiger charge is 2.48. The molecular formula is C23H30N2O4. The highest BCUT2D eigenvalue weighted by Crippen LogP contribution is 2.45. The number of ether oxygens (including phenoxy) is 1. The van der Waals surface area contributed by atoms with Crippen LogP contribution in [0.15, 0.2) is 34.5 Å². The van der Waals surface area contributed by atoms with Gasteiger partial charge in [-0.15, -0.1) is 0 Å². The van der Waals surface area contributed by atoms with Crippen LogP contribution in [0, 0.1) is 17.8 Å². The fourth-order valence-electron chi connectivity index (χ4n) is 5.29. The minimum Gasteiger partial charge on any atom is -0.478 e. The van der Waals surface area contributed by atoms with E-state index in [0.29, 0.717) is 23.9 Å². The average molecular weight is 399 g/mol. The lowest BCUT2D eigenvalue weighted by Crippen LogP contribution is -2.31. The minimum atomic E-state index is -0.902. The van der Waals surface area contributed by atoms with Gasteiger partial charge in [-0.3, -0.25) is 4.79 Å². The molecule has 2 heterocycles. The summed E-state index contributed by atoms with van der Waals surface area (Å²) in [5.41, 5.74) is 1.44. The highest BCUT2D eigenvalue weighted by atomic mass is 16.5. The topological polar surface area (TPSA) is 88.3 Å². The molecule has 2 bridgehead atoms. The zero-order valence-electron chi connectivity index (χ0n) is 16.8. The number of carboxylic acids is 1. The molecule has 156 valence electrons. The summed E-state index contributed by atoms with van der Waals surface area (Å²) >= 11 is 0. The van der Waals surface area contributed by atoms with Gasteiger partial charge >= 0.3 is 5.97 Å². The number of rotatable bonds is 8. The number of hydrogen-bond acceptors (Lipinski definition) is 5. The van der Waals surface area contributed by atoms with Gasteiger partial charge in [-0.1, -0.05) is 31.4 Å². The van der Waals surface area contributed by atoms with E-state index in [9.17, 15) is 9.59 Å². The minimum absolute atomic E-state index is 0.190. The van der Waals surface area contributed by atoms with Gasteiger partial charge in [0.05, 0.1) is 24.3 Å². The lowest BCUT2D eigenvalue weighted by Gasteiger charge is -2.26. The van der Waals surface area contributed by atoms with Crippen molar-refractivity contribution < 1.29 is 19.4 Å². The van der Waals surface area contributed by atoms with Crippen molar-refractivity contribution >= 4 is 11.8 Å². The van der Waals surface area contributed by atoms with Gasteiger partial charge < -0.3 is 9.84 Å². The summed E-state index contributed by atoms with van der Waals surface area (Å²) < 4.78 is 6.14. The number of aromatic carboxylic acids is 1. The lowest BCUT2D eigenvalue weighted by molar-refractivity contribution is -0.122. The number of azo groups is 1. The van der Waals surface area contributed by atoms with Crippen LogP contribution in [0.2, 0.25) is 0 Å². The number of Topliss-reactive ketones (excluding diaryl/α,β-unsaturated/α-hetero) is 1. The lowest BCUT2D eigenvalue weighted by atomic mass is 9.76. The van der Waals surface area contributed by atoms with Crippen LogP contribution in [0.5, 0.6) is 0 Å². The maximum absolute atomic E-state index is 12.3. The number of carbonyl (C=O) groups excluding carboxylic acids is 1. The van der Waals surface area contributed by atoms with E-state index in [2.05, 4.69) is 10.2 Å². The summed E-state index contributed by atoms with van der Waals surface area (Å²) in [5, 5.41) is 17.7. The first-order valence-corrected chi connectivity index (χ1v) is 11.0. The third-order valence-corrected chi connectivity index (χ3v) is 6.94. The second-order valence-electron chi connectivity index (χ2n) is 8.75. The number of carbonyl (C=O) groups is 2. The molecule has 4 atom stereocenters. The largest absolute Gasteiger partial charge is 0.478 e. The molecule has 3 aliphatic rings. The second-order valence-corrected chi connectivity index (χ2v) is 8.75. The Balaban J connectivity index is 1.32. The van der Waals surface area contributed by atoms with E-state index in [1.807, 2.05) is 12.1 Å². The smallest absolute Gasteiger partial charge is 0.335 e. The molecule has 1 saturated carbocycles. The molecule has 6 heteroatoms. The second kappa shape index (κ2) is 9.16. The van der Waals surface area contributed by atoms with E-state index in [4.69, 9.17) is 9.84 Å². The van der Waals surface area contributed by atoms with Gasteiger partial charge in [-0.25, -0.2) is 4.79 Å². The summed E-state index contributed by atoms with van der Waals surface area (Å²) in [6.07, 6.45) is 9.08. The fraction of sp³-hybridized carbons (Fsp3) is 0.652. The van der Waals surface area contributed by atoms with Gasteiger partial charge in [-0.2, -0.15) is 10.2 Å². The Kier molecular flexibility index (Phi) is 6.38. The fourth-order valence-corrected chi connectivity index (χ4v) is 5.29. The maximum Gasteiger partial charge on any atom is 0.335 e. The van der Waals surface area contributed by atoms with Crippen molar-refractivity contribution in [3.8, 4) is 0 Å². The van der Waals surface area contributed by atoms with E-state index < -0.39 is 5.97 Å². The molecule has 0 spiro atoms. The normalized spacial score (nSPS) is 29.5. The van der Waals surface area contributed by atoms with Crippen molar-refractivity contribution in [2.24, 2.45) is 28.0 Å². The number of benzene rings is 1. The van der Waals surface area contributed by atoms with Crippen LogP contribution in [-0.4, -0.2) is 42.2 Å². The zero-order valence-corrected chi connectivity index (χ0v) is 16.8. The monoisotopic (exact) mass is 398 g/mol. The molecule has 0 aromatic heterocycles. The van der Waals surface area contributed by atoms with Gasteiger partial charge in [0.15, 0.2) is 5.78 Å². The summed E-state index contributed by atoms with van der Waals surface area (Å²) in [6, 6.07) is 7.13. The van der Waals surface area contributed by atoms with Crippen molar-refractivity contribution in [2.45, 2.75) is 63.6 Å². The van der Waals surface area contributed by atoms with Crippen molar-refractivity contribution in [3.05, 3.63) is 35.4 Å². The zero-order chi connectivity index (χ0) is 20.2. The van der Waals surface area contributed by atoms with Crippen LogP contribution in [0.4, 0.5) is 0 Å². The number of carboxylic acid groups (broad SMARTS) is 1. The van der Waals surface area contributed by atoms with Gasteiger partial charge in [0.1, 0.15) is 6.54 Å². The molecule has 6 nitrogen and oxygen atoms in total. The third kappa shape index (κ3) is 4.74. The SMILES string of the molecule is O=C(O)c1ccc(CC2C3CCC(O3)C2CN=NCC(=O)C2CCCCC2)cc1. The maximum atomic E-state index is 12.3. The molecule has 4 unspecified atom stereocenters. The molecule has 0 radical (unpaired) electrons. The molecule has 2 aliphatic heterocycles. The number of ketones is 1. The van der Waals surface area contributed by atoms with Crippen LogP contribution in [0.1, 0.15) is 60.9 Å². The molecule has 0 amide bonds. The summed E-state index contributed by atoms with van der Waals surface area (Å²) in [7, 11) is 0. The van der Waals surface area contributed by atoms with Crippen LogP contribution in [0.25, 0.3) is 0 Å². The molecule has 1 N–H and O–H groups in total. The summed E-state index contributed by atoms with van der Waals surface area (Å²) in [4.78, 5) is 23.3. The highest BCUT2D eigenvalue weighted by molar-refractivity contribution is 5.87. The molecule has 4 rings (SSSR count). The Morgan fingerprint density at radius 2 is 1.62 bits per heavy atom. The van der Waals surface area contributed by atoms with E-state index in [0.717, 1.165) is 50.5 Å². The van der Waals surface area contributed by atoms with Crippen LogP contribution >= 0.6 is 0 Å². The van der Waals surface area contributed by atoms with Crippen molar-refractivity contribution in [3.63, 3.8) is 0 Å². The van der Waals surface area contributed by atoms with E-state index in [-0.39, 0.29) is 30.5 Å². The molecule has 1 aromatic rings. The first-order chi connectivity index (χ1) is 14.1. The predicted molar refractivity (Wildman–Crippen MR) is 108 cm³/mol. The van der Waals surface area contributed by atoms with E-state index in [1.165, 1.54) is 6.42 Å². The van der Waals surface area contributed by atoms with Gasteiger partial charge in [0, 0.05) is 11.8 Å². The van der Waals surface area contributed by atoms with Crippen LogP contribution in [-0.2, 0) is 16.0 Å². The van der Waals surface area contributed by atoms with Crippen LogP contribution in [0.3, 0.4) is 0 Å². The molecule has 3 fully saturated rings. The van der Waals surface area contributed by atoms with Gasteiger partial charge in [0.2, 0.25) is 0 Å². The van der Waals surface area contributed by atoms with E-state index >= 15 is 0 Å². The first kappa shape index (κ1) is 20.2.